The second-order valence-corrected chi connectivity index (χ2v) is 7.09. The number of benzene rings is 2. The lowest BCUT2D eigenvalue weighted by Crippen LogP contribution is -2.30. The molecule has 0 fully saturated rings. The maximum atomic E-state index is 13.5. The Morgan fingerprint density at radius 3 is 2.30 bits per heavy atom. The lowest BCUT2D eigenvalue weighted by atomic mass is 10.2. The second kappa shape index (κ2) is 7.32. The van der Waals surface area contributed by atoms with E-state index in [1.165, 1.54) is 48.5 Å². The van der Waals surface area contributed by atoms with Gasteiger partial charge in [-0.3, -0.25) is 4.79 Å². The molecule has 1 N–H and O–H groups in total. The summed E-state index contributed by atoms with van der Waals surface area (Å²) in [7, 11) is -3.78. The normalized spacial score (nSPS) is 11.2. The molecule has 7 heteroatoms. The first-order chi connectivity index (χ1) is 10.9. The average Bonchev–Trinajstić information content (AvgIpc) is 2.48. The molecule has 2 aromatic carbocycles. The minimum Gasteiger partial charge on any atom is -0.351 e. The lowest BCUT2D eigenvalue weighted by molar-refractivity contribution is -0.118. The molecule has 0 heterocycles. The highest BCUT2D eigenvalue weighted by molar-refractivity contribution is 7.91. The van der Waals surface area contributed by atoms with Crippen LogP contribution in [0.5, 0.6) is 0 Å². The SMILES string of the molecule is O=C(CS(=O)(=O)Cc1ccccc1F)NCc1ccc(F)cc1. The smallest absolute Gasteiger partial charge is 0.235 e. The molecule has 0 radical (unpaired) electrons. The first kappa shape index (κ1) is 17.1. The second-order valence-electron chi connectivity index (χ2n) is 5.03. The summed E-state index contributed by atoms with van der Waals surface area (Å²) in [5.74, 6) is -2.98. The summed E-state index contributed by atoms with van der Waals surface area (Å²) < 4.78 is 50.1. The summed E-state index contributed by atoms with van der Waals surface area (Å²) in [5.41, 5.74) is 0.671. The van der Waals surface area contributed by atoms with Crippen molar-refractivity contribution in [3.8, 4) is 0 Å². The molecule has 0 atom stereocenters. The van der Waals surface area contributed by atoms with Crippen LogP contribution in [-0.4, -0.2) is 20.1 Å². The fourth-order valence-corrected chi connectivity index (χ4v) is 3.27. The quantitative estimate of drug-likeness (QED) is 0.877. The summed E-state index contributed by atoms with van der Waals surface area (Å²) in [6.45, 7) is 0.0916. The Bertz CT molecular complexity index is 789. The van der Waals surface area contributed by atoms with Gasteiger partial charge in [0.1, 0.15) is 17.4 Å². The molecule has 0 aromatic heterocycles. The Morgan fingerprint density at radius 2 is 1.65 bits per heavy atom. The van der Waals surface area contributed by atoms with Gasteiger partial charge in [0.2, 0.25) is 5.91 Å². The van der Waals surface area contributed by atoms with Gasteiger partial charge in [0.05, 0.1) is 5.75 Å². The number of nitrogens with one attached hydrogen (secondary N) is 1. The Hall–Kier alpha value is -2.28. The van der Waals surface area contributed by atoms with E-state index in [1.54, 1.807) is 0 Å². The topological polar surface area (TPSA) is 63.2 Å². The first-order valence-corrected chi connectivity index (χ1v) is 8.63. The largest absolute Gasteiger partial charge is 0.351 e. The molecule has 4 nitrogen and oxygen atoms in total. The van der Waals surface area contributed by atoms with Crippen molar-refractivity contribution in [2.75, 3.05) is 5.75 Å². The highest BCUT2D eigenvalue weighted by Gasteiger charge is 2.19. The van der Waals surface area contributed by atoms with E-state index in [0.717, 1.165) is 0 Å². The molecule has 2 rings (SSSR count). The zero-order chi connectivity index (χ0) is 16.9. The van der Waals surface area contributed by atoms with E-state index in [1.807, 2.05) is 0 Å². The number of carbonyl (C=O) groups excluding carboxylic acids is 1. The van der Waals surface area contributed by atoms with Crippen LogP contribution in [0.3, 0.4) is 0 Å². The van der Waals surface area contributed by atoms with E-state index in [9.17, 15) is 22.0 Å². The molecule has 0 bridgehead atoms. The molecule has 23 heavy (non-hydrogen) atoms. The van der Waals surface area contributed by atoms with Gasteiger partial charge in [-0.25, -0.2) is 17.2 Å². The summed E-state index contributed by atoms with van der Waals surface area (Å²) in [5, 5.41) is 2.44. The standard InChI is InChI=1S/C16H15F2NO3S/c17-14-7-5-12(6-8-14)9-19-16(20)11-23(21,22)10-13-3-1-2-4-15(13)18/h1-8H,9-11H2,(H,19,20). The molecule has 0 aliphatic rings. The summed E-state index contributed by atoms with van der Waals surface area (Å²) >= 11 is 0. The average molecular weight is 339 g/mol. The van der Waals surface area contributed by atoms with E-state index >= 15 is 0 Å². The number of carbonyl (C=O) groups is 1. The molecular weight excluding hydrogens is 324 g/mol. The van der Waals surface area contributed by atoms with E-state index < -0.39 is 38.9 Å². The Morgan fingerprint density at radius 1 is 1.00 bits per heavy atom. The number of sulfone groups is 1. The molecule has 0 spiro atoms. The van der Waals surface area contributed by atoms with Crippen LogP contribution < -0.4 is 5.32 Å². The molecule has 0 unspecified atom stereocenters. The minimum absolute atomic E-state index is 0.0267. The van der Waals surface area contributed by atoms with Crippen molar-refractivity contribution in [3.63, 3.8) is 0 Å². The maximum absolute atomic E-state index is 13.5. The Kier molecular flexibility index (Phi) is 5.44. The van der Waals surface area contributed by atoms with E-state index in [4.69, 9.17) is 0 Å². The van der Waals surface area contributed by atoms with Crippen LogP contribution in [0.25, 0.3) is 0 Å². The predicted molar refractivity (Wildman–Crippen MR) is 82.1 cm³/mol. The van der Waals surface area contributed by atoms with Gasteiger partial charge in [0, 0.05) is 12.1 Å². The van der Waals surface area contributed by atoms with Crippen LogP contribution in [0.2, 0.25) is 0 Å². The van der Waals surface area contributed by atoms with Crippen molar-refractivity contribution in [1.29, 1.82) is 0 Å². The van der Waals surface area contributed by atoms with Crippen molar-refractivity contribution < 1.29 is 22.0 Å². The monoisotopic (exact) mass is 339 g/mol. The van der Waals surface area contributed by atoms with Crippen molar-refractivity contribution in [2.45, 2.75) is 12.3 Å². The van der Waals surface area contributed by atoms with E-state index in [2.05, 4.69) is 5.32 Å². The fraction of sp³-hybridized carbons (Fsp3) is 0.188. The molecule has 1 amide bonds. The van der Waals surface area contributed by atoms with Crippen molar-refractivity contribution in [1.82, 2.24) is 5.32 Å². The fourth-order valence-electron chi connectivity index (χ4n) is 1.96. The third kappa shape index (κ3) is 5.45. The van der Waals surface area contributed by atoms with Gasteiger partial charge in [0.15, 0.2) is 9.84 Å². The highest BCUT2D eigenvalue weighted by Crippen LogP contribution is 2.11. The highest BCUT2D eigenvalue weighted by atomic mass is 32.2. The predicted octanol–water partition coefficient (Wildman–Crippen LogP) is 2.20. The number of hydrogen-bond donors (Lipinski definition) is 1. The van der Waals surface area contributed by atoms with Crippen LogP contribution in [0.15, 0.2) is 48.5 Å². The molecule has 0 aliphatic heterocycles. The summed E-state index contributed by atoms with van der Waals surface area (Å²) in [6.07, 6.45) is 0. The van der Waals surface area contributed by atoms with E-state index in [-0.39, 0.29) is 12.1 Å². The van der Waals surface area contributed by atoms with Gasteiger partial charge in [0.25, 0.3) is 0 Å². The van der Waals surface area contributed by atoms with Crippen molar-refractivity contribution in [3.05, 3.63) is 71.3 Å². The van der Waals surface area contributed by atoms with Gasteiger partial charge < -0.3 is 5.32 Å². The van der Waals surface area contributed by atoms with Crippen LogP contribution in [0, 0.1) is 11.6 Å². The summed E-state index contributed by atoms with van der Waals surface area (Å²) in [6, 6.07) is 11.0. The van der Waals surface area contributed by atoms with Crippen LogP contribution in [0.1, 0.15) is 11.1 Å². The zero-order valence-electron chi connectivity index (χ0n) is 12.1. The Balaban J connectivity index is 1.91. The number of rotatable bonds is 6. The maximum Gasteiger partial charge on any atom is 0.235 e. The van der Waals surface area contributed by atoms with Crippen molar-refractivity contribution in [2.24, 2.45) is 0 Å². The van der Waals surface area contributed by atoms with Gasteiger partial charge in [-0.05, 0) is 23.8 Å². The molecule has 2 aromatic rings. The zero-order valence-corrected chi connectivity index (χ0v) is 12.9. The number of hydrogen-bond acceptors (Lipinski definition) is 3. The van der Waals surface area contributed by atoms with Gasteiger partial charge in [-0.15, -0.1) is 0 Å². The van der Waals surface area contributed by atoms with Crippen LogP contribution >= 0.6 is 0 Å². The molecule has 0 saturated heterocycles. The minimum atomic E-state index is -3.78. The van der Waals surface area contributed by atoms with Crippen LogP contribution in [0.4, 0.5) is 8.78 Å². The van der Waals surface area contributed by atoms with Crippen LogP contribution in [-0.2, 0) is 26.9 Å². The molecule has 122 valence electrons. The molecular formula is C16H15F2NO3S. The lowest BCUT2D eigenvalue weighted by Gasteiger charge is -2.07. The van der Waals surface area contributed by atoms with Crippen molar-refractivity contribution >= 4 is 15.7 Å². The van der Waals surface area contributed by atoms with Gasteiger partial charge in [-0.1, -0.05) is 30.3 Å². The van der Waals surface area contributed by atoms with Gasteiger partial charge >= 0.3 is 0 Å². The first-order valence-electron chi connectivity index (χ1n) is 6.81. The number of halogens is 2. The van der Waals surface area contributed by atoms with E-state index in [0.29, 0.717) is 5.56 Å². The third-order valence-corrected chi connectivity index (χ3v) is 4.54. The number of amides is 1. The van der Waals surface area contributed by atoms with Gasteiger partial charge in [-0.2, -0.15) is 0 Å². The molecule has 0 aliphatic carbocycles. The third-order valence-electron chi connectivity index (χ3n) is 3.09. The summed E-state index contributed by atoms with van der Waals surface area (Å²) in [4.78, 5) is 11.7. The molecule has 0 saturated carbocycles. The Labute approximate surface area is 133 Å².